The fourth-order valence-electron chi connectivity index (χ4n) is 14.7. The maximum absolute atomic E-state index is 15.2. The molecule has 764 valence electrons. The summed E-state index contributed by atoms with van der Waals surface area (Å²) in [5.41, 5.74) is 23.7. The van der Waals surface area contributed by atoms with Gasteiger partial charge in [0.2, 0.25) is 100 Å². The third-order valence-electron chi connectivity index (χ3n) is 22.6. The number of benzene rings is 3. The fourth-order valence-corrected chi connectivity index (χ4v) is 14.7. The topological polar surface area (TPSA) is 811 Å². The Balaban J connectivity index is 1.33. The first kappa shape index (κ1) is 115. The number of phenolic OH excluding ortho intramolecular Hbond substituents is 1. The van der Waals surface area contributed by atoms with Crippen molar-refractivity contribution in [2.75, 3.05) is 32.8 Å². The first-order chi connectivity index (χ1) is 65.7. The quantitative estimate of drug-likeness (QED) is 0.0111. The van der Waals surface area contributed by atoms with Gasteiger partial charge in [0, 0.05) is 55.7 Å². The minimum Gasteiger partial charge on any atom is -0.508 e. The number of fused-ring (bicyclic) bond motifs is 1. The summed E-state index contributed by atoms with van der Waals surface area (Å²) in [6.07, 6.45) is -3.89. The van der Waals surface area contributed by atoms with Crippen molar-refractivity contribution >= 4 is 135 Å². The average molecular weight is 1950 g/mol. The number of guanidine groups is 1. The van der Waals surface area contributed by atoms with Gasteiger partial charge in [0.1, 0.15) is 90.3 Å². The Morgan fingerprint density at radius 1 is 0.460 bits per heavy atom. The second-order valence-corrected chi connectivity index (χ2v) is 34.7. The van der Waals surface area contributed by atoms with E-state index in [0.717, 1.165) is 6.92 Å². The molecule has 17 amide bonds. The van der Waals surface area contributed by atoms with E-state index in [4.69, 9.17) is 28.3 Å². The lowest BCUT2D eigenvalue weighted by molar-refractivity contribution is -0.143. The van der Waals surface area contributed by atoms with Gasteiger partial charge in [0.05, 0.1) is 38.1 Å². The molecule has 5 rings (SSSR count). The molecule has 139 heavy (non-hydrogen) atoms. The standard InChI is InChI=1S/C90H133N23O26/c1-8-47(6)73(87(136)110-60(36-45(2)3)80(129)105-61(37-49-18-10-9-11-19-49)81(130)106-62(38-50-25-27-52(116)28-26-50)82(131)107-63(39-51-42-98-54-21-13-12-20-53(51)54)83(132)108-64(40-68(93)118)84(133)104-59(89(138)139)29-31-67(92)117)112-86(135)72(46(4)5)111-88(137)74(48(7)115)113-85(134)66(44-114)100-69(119)43-99-75(124)65(41-71(122)123)109-79(128)58(30-32-70(120)121)103-77(126)56(22-14-15-33-91)102-78(127)57(24-17-35-97-90(94)95)101-76(125)55-23-16-34-96-55/h9-13,18-21,25-28,42,45-48,55-66,72-74,96,98,114-116H,8,14-17,22-24,29-41,43-44,91H2,1-7H3,(H2,92,117)(H2,93,118)(H,99,124)(H,100,119)(H,101,125)(H,102,127)(H,103,126)(H,104,133)(H,105,129)(H,106,130)(H,107,131)(H,108,132)(H,109,128)(H,110,136)(H,111,137)(H,112,135)(H,113,134)(H,120,121)(H,122,123)(H,138,139)(H4,94,95,97)/t47-,48+,55-,56-,57-,58-,59-,60-,61-,62-,63-,64-,65-,66-,72-,73-,74-/m0/s1. The zero-order valence-electron chi connectivity index (χ0n) is 78.5. The van der Waals surface area contributed by atoms with E-state index in [1.165, 1.54) is 38.1 Å². The summed E-state index contributed by atoms with van der Waals surface area (Å²) in [6, 6.07) is -3.87. The first-order valence-electron chi connectivity index (χ1n) is 45.6. The van der Waals surface area contributed by atoms with Crippen molar-refractivity contribution in [3.63, 3.8) is 0 Å². The van der Waals surface area contributed by atoms with Gasteiger partial charge >= 0.3 is 17.9 Å². The normalized spacial score (nSPS) is 15.7. The summed E-state index contributed by atoms with van der Waals surface area (Å²) in [5.74, 6) is -25.5. The van der Waals surface area contributed by atoms with Crippen molar-refractivity contribution in [3.05, 3.63) is 102 Å². The summed E-state index contributed by atoms with van der Waals surface area (Å²) in [4.78, 5) is 278. The number of unbranched alkanes of at least 4 members (excludes halogenated alkanes) is 1. The number of aromatic nitrogens is 1. The summed E-state index contributed by atoms with van der Waals surface area (Å²) < 4.78 is 0. The van der Waals surface area contributed by atoms with E-state index < -0.39 is 279 Å². The van der Waals surface area contributed by atoms with Crippen LogP contribution in [0.2, 0.25) is 0 Å². The lowest BCUT2D eigenvalue weighted by Gasteiger charge is -2.31. The Hall–Kier alpha value is -14.5. The molecule has 1 aliphatic heterocycles. The summed E-state index contributed by atoms with van der Waals surface area (Å²) in [6.45, 7) is 9.22. The first-order valence-corrected chi connectivity index (χ1v) is 45.6. The molecule has 33 N–H and O–H groups in total. The smallest absolute Gasteiger partial charge is 0.326 e. The van der Waals surface area contributed by atoms with Gasteiger partial charge in [-0.3, -0.25) is 96.5 Å². The molecular weight excluding hydrogens is 1820 g/mol. The number of amides is 17. The van der Waals surface area contributed by atoms with Crippen LogP contribution >= 0.6 is 0 Å². The van der Waals surface area contributed by atoms with E-state index in [2.05, 4.69) is 95.4 Å². The Labute approximate surface area is 800 Å². The Morgan fingerprint density at radius 2 is 0.935 bits per heavy atom. The fraction of sp³-hybridized carbons (Fsp3) is 0.544. The number of carboxylic acid groups (broad SMARTS) is 3. The predicted octanol–water partition coefficient (Wildman–Crippen LogP) is -6.36. The minimum absolute atomic E-state index is 0.0101. The number of aliphatic carboxylic acids is 3. The molecule has 0 bridgehead atoms. The monoisotopic (exact) mass is 1950 g/mol. The van der Waals surface area contributed by atoms with E-state index in [1.54, 1.807) is 88.5 Å². The van der Waals surface area contributed by atoms with Crippen LogP contribution in [0.1, 0.15) is 161 Å². The van der Waals surface area contributed by atoms with Crippen molar-refractivity contribution in [3.8, 4) is 5.75 Å². The number of aromatic hydroxyl groups is 1. The van der Waals surface area contributed by atoms with Crippen LogP contribution in [0, 0.1) is 23.2 Å². The molecule has 17 atom stereocenters. The highest BCUT2D eigenvalue weighted by atomic mass is 16.4. The van der Waals surface area contributed by atoms with Crippen LogP contribution in [0.15, 0.2) is 85.1 Å². The Morgan fingerprint density at radius 3 is 1.46 bits per heavy atom. The maximum Gasteiger partial charge on any atom is 0.326 e. The maximum atomic E-state index is 15.2. The Bertz CT molecular complexity index is 4920. The van der Waals surface area contributed by atoms with Crippen molar-refractivity contribution in [1.82, 2.24) is 95.4 Å². The summed E-state index contributed by atoms with van der Waals surface area (Å²) >= 11 is 0. The van der Waals surface area contributed by atoms with Crippen LogP contribution in [-0.4, -0.2) is 289 Å². The van der Waals surface area contributed by atoms with Gasteiger partial charge in [0.25, 0.3) is 0 Å². The number of aliphatic hydroxyl groups is 2. The number of rotatable bonds is 62. The van der Waals surface area contributed by atoms with E-state index in [1.807, 2.05) is 0 Å². The molecule has 2 heterocycles. The molecule has 4 aromatic rings. The molecule has 0 spiro atoms. The largest absolute Gasteiger partial charge is 0.508 e. The zero-order chi connectivity index (χ0) is 103. The number of nitrogens with two attached hydrogens (primary N) is 4. The van der Waals surface area contributed by atoms with Gasteiger partial charge in [-0.1, -0.05) is 109 Å². The van der Waals surface area contributed by atoms with E-state index in [9.17, 15) is 112 Å². The van der Waals surface area contributed by atoms with Gasteiger partial charge in [-0.25, -0.2) is 4.79 Å². The lowest BCUT2D eigenvalue weighted by atomic mass is 9.95. The Kier molecular flexibility index (Phi) is 48.1. The minimum atomic E-state index is -2.08. The molecule has 1 aliphatic rings. The van der Waals surface area contributed by atoms with Crippen LogP contribution < -0.4 is 113 Å². The van der Waals surface area contributed by atoms with Gasteiger partial charge in [-0.15, -0.1) is 0 Å². The highest BCUT2D eigenvalue weighted by molar-refractivity contribution is 6.02. The third kappa shape index (κ3) is 40.0. The number of hydrogen-bond donors (Lipinski definition) is 29. The van der Waals surface area contributed by atoms with Crippen LogP contribution in [0.3, 0.4) is 0 Å². The summed E-state index contributed by atoms with van der Waals surface area (Å²) in [7, 11) is 0. The number of phenols is 1. The van der Waals surface area contributed by atoms with Crippen molar-refractivity contribution in [2.45, 2.75) is 261 Å². The van der Waals surface area contributed by atoms with Crippen LogP contribution in [0.5, 0.6) is 5.75 Å². The van der Waals surface area contributed by atoms with Gasteiger partial charge in [0.15, 0.2) is 5.96 Å². The van der Waals surface area contributed by atoms with Crippen LogP contribution in [0.4, 0.5) is 0 Å². The molecule has 49 heteroatoms. The van der Waals surface area contributed by atoms with E-state index >= 15 is 14.4 Å². The molecule has 49 nitrogen and oxygen atoms in total. The number of hydrogen-bond acceptors (Lipinski definition) is 26. The number of primary amides is 2. The molecule has 1 fully saturated rings. The molecule has 0 radical (unpaired) electrons. The molecule has 3 aromatic carbocycles. The second-order valence-electron chi connectivity index (χ2n) is 34.7. The summed E-state index contributed by atoms with van der Waals surface area (Å²) in [5, 5.41) is 111. The van der Waals surface area contributed by atoms with E-state index in [0.29, 0.717) is 53.4 Å². The number of H-pyrrole nitrogens is 1. The highest BCUT2D eigenvalue weighted by Gasteiger charge is 2.41. The van der Waals surface area contributed by atoms with Gasteiger partial charge in [-0.2, -0.15) is 0 Å². The number of aromatic amines is 1. The molecular formula is C90H133N23O26. The van der Waals surface area contributed by atoms with Crippen molar-refractivity contribution < 1.29 is 127 Å². The number of aliphatic hydroxyl groups excluding tert-OH is 2. The van der Waals surface area contributed by atoms with Crippen LogP contribution in [-0.2, 0) is 115 Å². The number of carbonyl (C=O) groups excluding carboxylic acids is 17. The van der Waals surface area contributed by atoms with Crippen LogP contribution in [0.25, 0.3) is 10.9 Å². The zero-order valence-corrected chi connectivity index (χ0v) is 78.5. The van der Waals surface area contributed by atoms with Gasteiger partial charge in [-0.05, 0) is 137 Å². The third-order valence-corrected chi connectivity index (χ3v) is 22.6. The SMILES string of the molecule is CC[C@H](C)[C@H](NC(=O)[C@@H](NC(=O)[C@@H](NC(=O)[C@H](CO)NC(=O)CNC(=O)[C@H](CC(=O)O)NC(=O)[C@H](CCC(=O)O)NC(=O)[C@H](CCCCN)NC(=O)[C@H](CCCNC(=N)N)NC(=O)[C@@H]1CCCN1)[C@@H](C)O)C(C)C)C(=O)N[C@@H](CC(C)C)C(=O)N[C@@H](Cc1ccccc1)C(=O)N[C@@H](Cc1ccc(O)cc1)C(=O)N[C@@H](Cc1c[nH]c2ccccc12)C(=O)N[C@@H](CC(N)=O)C(=O)N[C@@H](CCC(N)=O)C(=O)O. The lowest BCUT2D eigenvalue weighted by Crippen LogP contribution is -2.63. The molecule has 0 saturated carbocycles. The highest BCUT2D eigenvalue weighted by Crippen LogP contribution is 2.22. The second kappa shape index (κ2) is 58.2. The molecule has 1 saturated heterocycles. The molecule has 0 unspecified atom stereocenters. The average Bonchev–Trinajstić information content (AvgIpc) is 1.70. The number of carboxylic acids is 3. The van der Waals surface area contributed by atoms with E-state index in [-0.39, 0.29) is 88.5 Å². The predicted molar refractivity (Wildman–Crippen MR) is 499 cm³/mol. The number of nitrogens with one attached hydrogen (secondary N) is 19. The molecule has 0 aliphatic carbocycles. The number of carbonyl (C=O) groups is 20. The van der Waals surface area contributed by atoms with Crippen molar-refractivity contribution in [2.24, 2.45) is 40.7 Å². The van der Waals surface area contributed by atoms with Gasteiger partial charge < -0.3 is 149 Å². The number of para-hydroxylation sites is 1. The van der Waals surface area contributed by atoms with Crippen molar-refractivity contribution in [1.29, 1.82) is 5.41 Å². The molecule has 1 aromatic heterocycles.